The summed E-state index contributed by atoms with van der Waals surface area (Å²) in [5.74, 6) is 6.82. The zero-order valence-electron chi connectivity index (χ0n) is 9.95. The number of carbonyl (C=O) groups excluding carboxylic acids is 1. The van der Waals surface area contributed by atoms with Gasteiger partial charge in [-0.2, -0.15) is 0 Å². The van der Waals surface area contributed by atoms with E-state index in [1.807, 2.05) is 24.3 Å². The summed E-state index contributed by atoms with van der Waals surface area (Å²) in [5.41, 5.74) is 0. The van der Waals surface area contributed by atoms with Crippen molar-refractivity contribution >= 4 is 5.91 Å². The van der Waals surface area contributed by atoms with Crippen molar-refractivity contribution in [3.8, 4) is 23.3 Å². The lowest BCUT2D eigenvalue weighted by molar-refractivity contribution is -0.118. The molecule has 0 aliphatic heterocycles. The molecule has 0 radical (unpaired) electrons. The maximum Gasteiger partial charge on any atom is 0.217 e. The molecule has 0 spiro atoms. The van der Waals surface area contributed by atoms with E-state index in [9.17, 15) is 4.79 Å². The molecule has 0 saturated carbocycles. The standard InChI is InChI=1S/C13H15NO3/c1-11(15)14-9-5-6-10-17-13-8-4-3-7-12(13)16-2/h3-4,7-8H,9-10H2,1-2H3,(H,14,15). The average Bonchev–Trinajstić information content (AvgIpc) is 2.33. The molecule has 90 valence electrons. The van der Waals surface area contributed by atoms with Crippen LogP contribution in [0.2, 0.25) is 0 Å². The Labute approximate surface area is 101 Å². The van der Waals surface area contributed by atoms with Crippen LogP contribution >= 0.6 is 0 Å². The van der Waals surface area contributed by atoms with E-state index in [1.54, 1.807) is 7.11 Å². The molecule has 0 fully saturated rings. The van der Waals surface area contributed by atoms with Crippen molar-refractivity contribution < 1.29 is 14.3 Å². The molecule has 0 unspecified atom stereocenters. The Hall–Kier alpha value is -2.15. The molecule has 0 aliphatic rings. The highest BCUT2D eigenvalue weighted by molar-refractivity contribution is 5.73. The van der Waals surface area contributed by atoms with Gasteiger partial charge < -0.3 is 14.8 Å². The van der Waals surface area contributed by atoms with Crippen molar-refractivity contribution in [2.75, 3.05) is 20.3 Å². The largest absolute Gasteiger partial charge is 0.493 e. The summed E-state index contributed by atoms with van der Waals surface area (Å²) in [6, 6.07) is 7.37. The van der Waals surface area contributed by atoms with Crippen molar-refractivity contribution in [3.63, 3.8) is 0 Å². The third-order valence-corrected chi connectivity index (χ3v) is 1.92. The lowest BCUT2D eigenvalue weighted by Crippen LogP contribution is -2.19. The molecule has 4 heteroatoms. The van der Waals surface area contributed by atoms with Crippen molar-refractivity contribution in [1.82, 2.24) is 5.32 Å². The number of para-hydroxylation sites is 2. The van der Waals surface area contributed by atoms with E-state index in [-0.39, 0.29) is 12.5 Å². The monoisotopic (exact) mass is 233 g/mol. The third-order valence-electron chi connectivity index (χ3n) is 1.92. The number of rotatable bonds is 4. The number of hydrogen-bond acceptors (Lipinski definition) is 3. The fourth-order valence-electron chi connectivity index (χ4n) is 1.13. The summed E-state index contributed by atoms with van der Waals surface area (Å²) in [6.45, 7) is 2.05. The summed E-state index contributed by atoms with van der Waals surface area (Å²) in [7, 11) is 1.59. The number of ether oxygens (including phenoxy) is 2. The second kappa shape index (κ2) is 7.18. The number of methoxy groups -OCH3 is 1. The summed E-state index contributed by atoms with van der Waals surface area (Å²) < 4.78 is 10.5. The average molecular weight is 233 g/mol. The Bertz CT molecular complexity index is 432. The molecule has 1 amide bonds. The van der Waals surface area contributed by atoms with E-state index >= 15 is 0 Å². The number of nitrogens with one attached hydrogen (secondary N) is 1. The predicted molar refractivity (Wildman–Crippen MR) is 64.9 cm³/mol. The highest BCUT2D eigenvalue weighted by atomic mass is 16.5. The van der Waals surface area contributed by atoms with Crippen molar-refractivity contribution in [3.05, 3.63) is 24.3 Å². The lowest BCUT2D eigenvalue weighted by atomic mass is 10.3. The highest BCUT2D eigenvalue weighted by Crippen LogP contribution is 2.25. The van der Waals surface area contributed by atoms with Crippen LogP contribution in [0.25, 0.3) is 0 Å². The molecule has 1 rings (SSSR count). The van der Waals surface area contributed by atoms with Crippen LogP contribution in [0, 0.1) is 11.8 Å². The first-order valence-electron chi connectivity index (χ1n) is 5.20. The third kappa shape index (κ3) is 4.94. The highest BCUT2D eigenvalue weighted by Gasteiger charge is 2.00. The van der Waals surface area contributed by atoms with Gasteiger partial charge in [0.05, 0.1) is 13.7 Å². The Kier molecular flexibility index (Phi) is 5.45. The second-order valence-electron chi connectivity index (χ2n) is 3.20. The first-order chi connectivity index (χ1) is 8.24. The van der Waals surface area contributed by atoms with Gasteiger partial charge in [0.15, 0.2) is 11.5 Å². The van der Waals surface area contributed by atoms with Gasteiger partial charge in [0, 0.05) is 6.92 Å². The summed E-state index contributed by atoms with van der Waals surface area (Å²) >= 11 is 0. The van der Waals surface area contributed by atoms with Gasteiger partial charge in [-0.15, -0.1) is 0 Å². The molecule has 0 bridgehead atoms. The normalized spacial score (nSPS) is 8.82. The molecule has 1 aromatic carbocycles. The molecule has 1 aromatic rings. The summed E-state index contributed by atoms with van der Waals surface area (Å²) in [5, 5.41) is 2.57. The Balaban J connectivity index is 2.37. The Morgan fingerprint density at radius 2 is 2.00 bits per heavy atom. The van der Waals surface area contributed by atoms with E-state index in [2.05, 4.69) is 17.2 Å². The molecule has 0 aromatic heterocycles. The summed E-state index contributed by atoms with van der Waals surface area (Å²) in [4.78, 5) is 10.6. The molecule has 0 aliphatic carbocycles. The van der Waals surface area contributed by atoms with Crippen molar-refractivity contribution in [2.24, 2.45) is 0 Å². The van der Waals surface area contributed by atoms with E-state index < -0.39 is 0 Å². The van der Waals surface area contributed by atoms with Crippen LogP contribution in [0.1, 0.15) is 6.92 Å². The van der Waals surface area contributed by atoms with E-state index in [4.69, 9.17) is 9.47 Å². The van der Waals surface area contributed by atoms with Crippen LogP contribution < -0.4 is 14.8 Å². The van der Waals surface area contributed by atoms with Gasteiger partial charge >= 0.3 is 0 Å². The number of benzene rings is 1. The molecule has 0 saturated heterocycles. The lowest BCUT2D eigenvalue weighted by Gasteiger charge is -2.07. The van der Waals surface area contributed by atoms with Gasteiger partial charge in [-0.25, -0.2) is 0 Å². The fourth-order valence-corrected chi connectivity index (χ4v) is 1.13. The van der Waals surface area contributed by atoms with Crippen LogP contribution in [0.15, 0.2) is 24.3 Å². The number of hydrogen-bond donors (Lipinski definition) is 1. The van der Waals surface area contributed by atoms with E-state index in [0.29, 0.717) is 18.0 Å². The fraction of sp³-hybridized carbons (Fsp3) is 0.308. The van der Waals surface area contributed by atoms with Gasteiger partial charge in [0.25, 0.3) is 0 Å². The first kappa shape index (κ1) is 12.9. The first-order valence-corrected chi connectivity index (χ1v) is 5.20. The minimum Gasteiger partial charge on any atom is -0.493 e. The molecular weight excluding hydrogens is 218 g/mol. The zero-order chi connectivity index (χ0) is 12.5. The molecule has 4 nitrogen and oxygen atoms in total. The molecule has 1 N–H and O–H groups in total. The van der Waals surface area contributed by atoms with Crippen molar-refractivity contribution in [2.45, 2.75) is 6.92 Å². The van der Waals surface area contributed by atoms with E-state index in [0.717, 1.165) is 0 Å². The quantitative estimate of drug-likeness (QED) is 0.795. The summed E-state index contributed by atoms with van der Waals surface area (Å²) in [6.07, 6.45) is 0. The number of carbonyl (C=O) groups is 1. The van der Waals surface area contributed by atoms with Gasteiger partial charge in [-0.3, -0.25) is 4.79 Å². The second-order valence-corrected chi connectivity index (χ2v) is 3.20. The van der Waals surface area contributed by atoms with Crippen LogP contribution in [0.3, 0.4) is 0 Å². The minimum atomic E-state index is -0.0926. The van der Waals surface area contributed by atoms with Crippen LogP contribution in [0.5, 0.6) is 11.5 Å². The van der Waals surface area contributed by atoms with Crippen LogP contribution in [0.4, 0.5) is 0 Å². The van der Waals surface area contributed by atoms with E-state index in [1.165, 1.54) is 6.92 Å². The smallest absolute Gasteiger partial charge is 0.217 e. The zero-order valence-corrected chi connectivity index (χ0v) is 9.95. The SMILES string of the molecule is COc1ccccc1OCC#CCNC(C)=O. The van der Waals surface area contributed by atoms with Crippen LogP contribution in [-0.2, 0) is 4.79 Å². The number of amides is 1. The van der Waals surface area contributed by atoms with Gasteiger partial charge in [0.2, 0.25) is 5.91 Å². The molecule has 0 atom stereocenters. The maximum atomic E-state index is 10.6. The van der Waals surface area contributed by atoms with Gasteiger partial charge in [-0.05, 0) is 12.1 Å². The predicted octanol–water partition coefficient (Wildman–Crippen LogP) is 1.21. The minimum absolute atomic E-state index is 0.0926. The Morgan fingerprint density at radius 1 is 1.29 bits per heavy atom. The molecular formula is C13H15NO3. The molecule has 0 heterocycles. The van der Waals surface area contributed by atoms with Crippen molar-refractivity contribution in [1.29, 1.82) is 0 Å². The topological polar surface area (TPSA) is 47.6 Å². The van der Waals surface area contributed by atoms with Crippen LogP contribution in [-0.4, -0.2) is 26.2 Å². The van der Waals surface area contributed by atoms with Gasteiger partial charge in [0.1, 0.15) is 6.61 Å². The molecule has 17 heavy (non-hydrogen) atoms. The van der Waals surface area contributed by atoms with Gasteiger partial charge in [-0.1, -0.05) is 24.0 Å². The Morgan fingerprint density at radius 3 is 2.65 bits per heavy atom. The maximum absolute atomic E-state index is 10.6.